The molecule has 0 saturated heterocycles. The fraction of sp³-hybridized carbons (Fsp3) is 0.391. The van der Waals surface area contributed by atoms with E-state index in [1.54, 1.807) is 0 Å². The molecular weight excluding hydrogens is 352 g/mol. The summed E-state index contributed by atoms with van der Waals surface area (Å²) in [6.45, 7) is 2.51. The summed E-state index contributed by atoms with van der Waals surface area (Å²) in [6.07, 6.45) is 4.20. The van der Waals surface area contributed by atoms with Crippen LogP contribution in [0, 0.1) is 5.92 Å². The van der Waals surface area contributed by atoms with Gasteiger partial charge in [0.25, 0.3) is 5.91 Å². The van der Waals surface area contributed by atoms with Crippen LogP contribution in [0.4, 0.5) is 5.69 Å². The molecule has 4 rings (SSSR count). The molecule has 1 heterocycles. The summed E-state index contributed by atoms with van der Waals surface area (Å²) in [5.74, 6) is 0.878. The van der Waals surface area contributed by atoms with Crippen molar-refractivity contribution in [2.45, 2.75) is 45.2 Å². The third-order valence-corrected chi connectivity index (χ3v) is 5.82. The number of rotatable bonds is 4. The maximum atomic E-state index is 12.7. The predicted octanol–water partition coefficient (Wildman–Crippen LogP) is 4.30. The number of nitrogens with one attached hydrogen (secondary N) is 1. The fourth-order valence-corrected chi connectivity index (χ4v) is 4.11. The summed E-state index contributed by atoms with van der Waals surface area (Å²) in [5, 5.41) is 3.04. The van der Waals surface area contributed by atoms with Crippen molar-refractivity contribution in [3.8, 4) is 5.75 Å². The number of amides is 2. The zero-order valence-electron chi connectivity index (χ0n) is 16.2. The summed E-state index contributed by atoms with van der Waals surface area (Å²) in [4.78, 5) is 27.0. The van der Waals surface area contributed by atoms with Crippen LogP contribution in [-0.4, -0.2) is 23.3 Å². The molecule has 1 aliphatic heterocycles. The Bertz CT molecular complexity index is 859. The highest BCUT2D eigenvalue weighted by atomic mass is 16.5. The largest absolute Gasteiger partial charge is 0.483 e. The third kappa shape index (κ3) is 3.88. The van der Waals surface area contributed by atoms with Gasteiger partial charge in [0, 0.05) is 17.2 Å². The first-order chi connectivity index (χ1) is 13.6. The van der Waals surface area contributed by atoms with Crippen LogP contribution < -0.4 is 10.1 Å². The standard InChI is InChI=1S/C23H26N2O3/c1-16(17-7-3-2-4-8-17)25-14-19-13-20(11-12-21(19)28-15-22(25)26)24-23(27)18-9-5-6-10-18/h2-4,7-8,11-13,16,18H,5-6,9-10,14-15H2,1H3,(H,24,27). The molecule has 2 aromatic rings. The Labute approximate surface area is 165 Å². The lowest BCUT2D eigenvalue weighted by Crippen LogP contribution is -2.34. The molecule has 1 atom stereocenters. The van der Waals surface area contributed by atoms with Crippen LogP contribution in [0.1, 0.15) is 49.8 Å². The van der Waals surface area contributed by atoms with Crippen molar-refractivity contribution in [1.82, 2.24) is 4.90 Å². The molecule has 1 aliphatic carbocycles. The van der Waals surface area contributed by atoms with E-state index in [4.69, 9.17) is 4.74 Å². The SMILES string of the molecule is CC(c1ccccc1)N1Cc2cc(NC(=O)C3CCCC3)ccc2OCC1=O. The van der Waals surface area contributed by atoms with E-state index < -0.39 is 0 Å². The Hall–Kier alpha value is -2.82. The van der Waals surface area contributed by atoms with Crippen molar-refractivity contribution in [3.05, 3.63) is 59.7 Å². The van der Waals surface area contributed by atoms with E-state index in [1.165, 1.54) is 0 Å². The normalized spacial score (nSPS) is 18.2. The summed E-state index contributed by atoms with van der Waals surface area (Å²) in [5.41, 5.74) is 2.77. The Morgan fingerprint density at radius 1 is 1.14 bits per heavy atom. The lowest BCUT2D eigenvalue weighted by molar-refractivity contribution is -0.135. The van der Waals surface area contributed by atoms with Crippen molar-refractivity contribution in [2.75, 3.05) is 11.9 Å². The highest BCUT2D eigenvalue weighted by Crippen LogP contribution is 2.32. The smallest absolute Gasteiger partial charge is 0.261 e. The minimum absolute atomic E-state index is 0.0257. The number of hydrogen-bond acceptors (Lipinski definition) is 3. The number of fused-ring (bicyclic) bond motifs is 1. The molecule has 146 valence electrons. The lowest BCUT2D eigenvalue weighted by Gasteiger charge is -2.28. The number of ether oxygens (including phenoxy) is 1. The molecule has 0 spiro atoms. The Kier molecular flexibility index (Phi) is 5.33. The molecule has 0 aromatic heterocycles. The number of benzene rings is 2. The van der Waals surface area contributed by atoms with Gasteiger partial charge in [-0.25, -0.2) is 0 Å². The number of anilines is 1. The quantitative estimate of drug-likeness (QED) is 0.863. The molecule has 2 amide bonds. The minimum Gasteiger partial charge on any atom is -0.483 e. The molecule has 0 radical (unpaired) electrons. The molecule has 5 nitrogen and oxygen atoms in total. The van der Waals surface area contributed by atoms with Gasteiger partial charge in [-0.1, -0.05) is 43.2 Å². The summed E-state index contributed by atoms with van der Waals surface area (Å²) >= 11 is 0. The van der Waals surface area contributed by atoms with Crippen LogP contribution in [0.15, 0.2) is 48.5 Å². The van der Waals surface area contributed by atoms with Crippen LogP contribution in [-0.2, 0) is 16.1 Å². The minimum atomic E-state index is -0.0556. The van der Waals surface area contributed by atoms with E-state index in [9.17, 15) is 9.59 Å². The van der Waals surface area contributed by atoms with Crippen molar-refractivity contribution in [1.29, 1.82) is 0 Å². The summed E-state index contributed by atoms with van der Waals surface area (Å²) < 4.78 is 5.73. The average molecular weight is 378 g/mol. The predicted molar refractivity (Wildman–Crippen MR) is 108 cm³/mol. The first kappa shape index (κ1) is 18.5. The Morgan fingerprint density at radius 2 is 1.89 bits per heavy atom. The van der Waals surface area contributed by atoms with Gasteiger partial charge in [0.05, 0.1) is 12.6 Å². The molecule has 2 aromatic carbocycles. The number of nitrogens with zero attached hydrogens (tertiary/aromatic N) is 1. The van der Waals surface area contributed by atoms with Crippen LogP contribution >= 0.6 is 0 Å². The van der Waals surface area contributed by atoms with Crippen LogP contribution in [0.25, 0.3) is 0 Å². The molecule has 1 fully saturated rings. The molecule has 5 heteroatoms. The molecule has 1 N–H and O–H groups in total. The Balaban J connectivity index is 1.54. The number of carbonyl (C=O) groups excluding carboxylic acids is 2. The van der Waals surface area contributed by atoms with Gasteiger partial charge in [-0.3, -0.25) is 9.59 Å². The maximum absolute atomic E-state index is 12.7. The van der Waals surface area contributed by atoms with Crippen molar-refractivity contribution in [2.24, 2.45) is 5.92 Å². The number of carbonyl (C=O) groups is 2. The second-order valence-corrected chi connectivity index (χ2v) is 7.69. The lowest BCUT2D eigenvalue weighted by atomic mass is 10.1. The van der Waals surface area contributed by atoms with Gasteiger partial charge in [-0.15, -0.1) is 0 Å². The molecule has 1 saturated carbocycles. The van der Waals surface area contributed by atoms with Crippen molar-refractivity contribution in [3.63, 3.8) is 0 Å². The zero-order valence-corrected chi connectivity index (χ0v) is 16.2. The van der Waals surface area contributed by atoms with Crippen LogP contribution in [0.5, 0.6) is 5.75 Å². The number of hydrogen-bond donors (Lipinski definition) is 1. The van der Waals surface area contributed by atoms with Crippen LogP contribution in [0.2, 0.25) is 0 Å². The molecule has 28 heavy (non-hydrogen) atoms. The summed E-state index contributed by atoms with van der Waals surface area (Å²) in [6, 6.07) is 15.6. The van der Waals surface area contributed by atoms with Crippen molar-refractivity contribution < 1.29 is 14.3 Å². The first-order valence-corrected chi connectivity index (χ1v) is 10.0. The maximum Gasteiger partial charge on any atom is 0.261 e. The van der Waals surface area contributed by atoms with E-state index in [2.05, 4.69) is 5.32 Å². The molecule has 2 aliphatic rings. The van der Waals surface area contributed by atoms with E-state index in [0.717, 1.165) is 42.5 Å². The average Bonchev–Trinajstić information content (AvgIpc) is 3.21. The van der Waals surface area contributed by atoms with Crippen molar-refractivity contribution >= 4 is 17.5 Å². The zero-order chi connectivity index (χ0) is 19.5. The van der Waals surface area contributed by atoms with E-state index in [0.29, 0.717) is 12.3 Å². The van der Waals surface area contributed by atoms with Crippen LogP contribution in [0.3, 0.4) is 0 Å². The Morgan fingerprint density at radius 3 is 2.64 bits per heavy atom. The van der Waals surface area contributed by atoms with Gasteiger partial charge in [0.1, 0.15) is 5.75 Å². The second-order valence-electron chi connectivity index (χ2n) is 7.69. The van der Waals surface area contributed by atoms with Gasteiger partial charge in [-0.2, -0.15) is 0 Å². The molecular formula is C23H26N2O3. The monoisotopic (exact) mass is 378 g/mol. The third-order valence-electron chi connectivity index (χ3n) is 5.82. The van der Waals surface area contributed by atoms with Gasteiger partial charge in [0.2, 0.25) is 5.91 Å². The van der Waals surface area contributed by atoms with Gasteiger partial charge in [-0.05, 0) is 43.5 Å². The van der Waals surface area contributed by atoms with E-state index >= 15 is 0 Å². The first-order valence-electron chi connectivity index (χ1n) is 10.0. The van der Waals surface area contributed by atoms with Gasteiger partial charge in [0.15, 0.2) is 6.61 Å². The second kappa shape index (κ2) is 8.05. The highest BCUT2D eigenvalue weighted by Gasteiger charge is 2.27. The highest BCUT2D eigenvalue weighted by molar-refractivity contribution is 5.93. The van der Waals surface area contributed by atoms with E-state index in [-0.39, 0.29) is 30.4 Å². The topological polar surface area (TPSA) is 58.6 Å². The van der Waals surface area contributed by atoms with Gasteiger partial charge < -0.3 is 15.0 Å². The van der Waals surface area contributed by atoms with Gasteiger partial charge >= 0.3 is 0 Å². The molecule has 0 bridgehead atoms. The molecule has 1 unspecified atom stereocenters. The van der Waals surface area contributed by atoms with E-state index in [1.807, 2.05) is 60.4 Å². The fourth-order valence-electron chi connectivity index (χ4n) is 4.11. The summed E-state index contributed by atoms with van der Waals surface area (Å²) in [7, 11) is 0.